The van der Waals surface area contributed by atoms with Crippen molar-refractivity contribution in [3.8, 4) is 5.75 Å². The van der Waals surface area contributed by atoms with Gasteiger partial charge in [0.2, 0.25) is 0 Å². The standard InChI is InChI=1S/C15H14Cl2N2O2/c1-3-10-6-9(7-14(17)18-10)15(20)19-11-4-5-13(21-2)12(16)8-11/h4-8H,3H2,1-2H3,(H,19,20). The summed E-state index contributed by atoms with van der Waals surface area (Å²) in [6.45, 7) is 1.95. The third-order valence-electron chi connectivity index (χ3n) is 2.88. The van der Waals surface area contributed by atoms with Crippen LogP contribution in [0, 0.1) is 0 Å². The number of nitrogens with one attached hydrogen (secondary N) is 1. The molecule has 6 heteroatoms. The molecule has 1 amide bonds. The molecule has 2 rings (SSSR count). The Labute approximate surface area is 133 Å². The first kappa shape index (κ1) is 15.6. The molecule has 0 aliphatic heterocycles. The molecule has 0 saturated heterocycles. The van der Waals surface area contributed by atoms with Crippen LogP contribution in [0.1, 0.15) is 23.0 Å². The van der Waals surface area contributed by atoms with Gasteiger partial charge in [0, 0.05) is 16.9 Å². The Balaban J connectivity index is 2.21. The number of anilines is 1. The number of aryl methyl sites for hydroxylation is 1. The van der Waals surface area contributed by atoms with Gasteiger partial charge >= 0.3 is 0 Å². The van der Waals surface area contributed by atoms with Crippen LogP contribution in [0.4, 0.5) is 5.69 Å². The maximum Gasteiger partial charge on any atom is 0.255 e. The van der Waals surface area contributed by atoms with Crippen LogP contribution in [0.15, 0.2) is 30.3 Å². The number of amides is 1. The molecule has 0 bridgehead atoms. The molecule has 1 aromatic heterocycles. The number of halogens is 2. The van der Waals surface area contributed by atoms with Gasteiger partial charge in [-0.25, -0.2) is 4.98 Å². The first-order valence-corrected chi connectivity index (χ1v) is 7.10. The molecule has 0 aliphatic rings. The smallest absolute Gasteiger partial charge is 0.255 e. The third-order valence-corrected chi connectivity index (χ3v) is 3.37. The van der Waals surface area contributed by atoms with Crippen molar-refractivity contribution in [1.82, 2.24) is 4.98 Å². The van der Waals surface area contributed by atoms with Crippen molar-refractivity contribution in [2.45, 2.75) is 13.3 Å². The first-order chi connectivity index (χ1) is 10.0. The van der Waals surface area contributed by atoms with Gasteiger partial charge in [-0.1, -0.05) is 30.1 Å². The number of carbonyl (C=O) groups is 1. The summed E-state index contributed by atoms with van der Waals surface area (Å²) in [4.78, 5) is 16.4. The number of hydrogen-bond acceptors (Lipinski definition) is 3. The molecular formula is C15H14Cl2N2O2. The van der Waals surface area contributed by atoms with Crippen LogP contribution in [0.5, 0.6) is 5.75 Å². The molecule has 4 nitrogen and oxygen atoms in total. The van der Waals surface area contributed by atoms with Crippen LogP contribution in [-0.4, -0.2) is 18.0 Å². The Hall–Kier alpha value is -1.78. The molecule has 1 N–H and O–H groups in total. The predicted molar refractivity (Wildman–Crippen MR) is 84.6 cm³/mol. The van der Waals surface area contributed by atoms with E-state index in [0.717, 1.165) is 5.69 Å². The maximum atomic E-state index is 12.2. The largest absolute Gasteiger partial charge is 0.495 e. The lowest BCUT2D eigenvalue weighted by molar-refractivity contribution is 0.102. The summed E-state index contributed by atoms with van der Waals surface area (Å²) in [6, 6.07) is 8.27. The van der Waals surface area contributed by atoms with Crippen molar-refractivity contribution in [2.75, 3.05) is 12.4 Å². The number of ether oxygens (including phenoxy) is 1. The van der Waals surface area contributed by atoms with E-state index in [4.69, 9.17) is 27.9 Å². The predicted octanol–water partition coefficient (Wildman–Crippen LogP) is 4.21. The zero-order valence-electron chi connectivity index (χ0n) is 11.6. The monoisotopic (exact) mass is 324 g/mol. The van der Waals surface area contributed by atoms with Gasteiger partial charge in [0.25, 0.3) is 5.91 Å². The lowest BCUT2D eigenvalue weighted by atomic mass is 10.2. The van der Waals surface area contributed by atoms with E-state index in [2.05, 4.69) is 10.3 Å². The molecule has 0 atom stereocenters. The molecule has 0 saturated carbocycles. The Kier molecular flexibility index (Phi) is 5.04. The van der Waals surface area contributed by atoms with Crippen LogP contribution in [0.25, 0.3) is 0 Å². The second-order valence-electron chi connectivity index (χ2n) is 4.33. The maximum absolute atomic E-state index is 12.2. The molecule has 21 heavy (non-hydrogen) atoms. The zero-order valence-corrected chi connectivity index (χ0v) is 13.1. The summed E-state index contributed by atoms with van der Waals surface area (Å²) >= 11 is 11.9. The number of methoxy groups -OCH3 is 1. The topological polar surface area (TPSA) is 51.2 Å². The van der Waals surface area contributed by atoms with Gasteiger partial charge in [0.15, 0.2) is 0 Å². The van der Waals surface area contributed by atoms with E-state index in [1.165, 1.54) is 13.2 Å². The summed E-state index contributed by atoms with van der Waals surface area (Å²) in [5.41, 5.74) is 1.80. The summed E-state index contributed by atoms with van der Waals surface area (Å²) in [7, 11) is 1.53. The highest BCUT2D eigenvalue weighted by atomic mass is 35.5. The number of pyridine rings is 1. The van der Waals surface area contributed by atoms with Crippen LogP contribution >= 0.6 is 23.2 Å². The minimum Gasteiger partial charge on any atom is -0.495 e. The van der Waals surface area contributed by atoms with E-state index < -0.39 is 0 Å². The second kappa shape index (κ2) is 6.78. The average Bonchev–Trinajstić information content (AvgIpc) is 2.46. The van der Waals surface area contributed by atoms with E-state index in [9.17, 15) is 4.79 Å². The normalized spacial score (nSPS) is 10.3. The molecule has 2 aromatic rings. The molecule has 0 aliphatic carbocycles. The van der Waals surface area contributed by atoms with Gasteiger partial charge in [-0.05, 0) is 36.8 Å². The van der Waals surface area contributed by atoms with Crippen LogP contribution in [0.2, 0.25) is 10.2 Å². The van der Waals surface area contributed by atoms with Crippen molar-refractivity contribution in [3.63, 3.8) is 0 Å². The fourth-order valence-electron chi connectivity index (χ4n) is 1.81. The minimum absolute atomic E-state index is 0.268. The molecule has 0 unspecified atom stereocenters. The van der Waals surface area contributed by atoms with Crippen molar-refractivity contribution in [3.05, 3.63) is 51.8 Å². The SMILES string of the molecule is CCc1cc(C(=O)Nc2ccc(OC)c(Cl)c2)cc(Cl)n1. The Morgan fingerprint density at radius 3 is 2.67 bits per heavy atom. The van der Waals surface area contributed by atoms with Gasteiger partial charge in [-0.3, -0.25) is 4.79 Å². The number of rotatable bonds is 4. The van der Waals surface area contributed by atoms with E-state index in [0.29, 0.717) is 33.6 Å². The Morgan fingerprint density at radius 1 is 1.29 bits per heavy atom. The van der Waals surface area contributed by atoms with Crippen LogP contribution in [-0.2, 0) is 6.42 Å². The van der Waals surface area contributed by atoms with Gasteiger partial charge in [-0.15, -0.1) is 0 Å². The summed E-state index contributed by atoms with van der Waals surface area (Å²) in [5.74, 6) is 0.283. The minimum atomic E-state index is -0.268. The van der Waals surface area contributed by atoms with Crippen LogP contribution < -0.4 is 10.1 Å². The fraction of sp³-hybridized carbons (Fsp3) is 0.200. The van der Waals surface area contributed by atoms with Gasteiger partial charge in [-0.2, -0.15) is 0 Å². The fourth-order valence-corrected chi connectivity index (χ4v) is 2.29. The second-order valence-corrected chi connectivity index (χ2v) is 5.12. The first-order valence-electron chi connectivity index (χ1n) is 6.35. The molecule has 0 spiro atoms. The van der Waals surface area contributed by atoms with E-state index in [-0.39, 0.29) is 5.91 Å². The lowest BCUT2D eigenvalue weighted by Gasteiger charge is -2.09. The van der Waals surface area contributed by atoms with Crippen molar-refractivity contribution in [2.24, 2.45) is 0 Å². The molecule has 1 aromatic carbocycles. The van der Waals surface area contributed by atoms with E-state index in [1.807, 2.05) is 6.92 Å². The van der Waals surface area contributed by atoms with E-state index in [1.54, 1.807) is 24.3 Å². The van der Waals surface area contributed by atoms with Gasteiger partial charge in [0.05, 0.1) is 12.1 Å². The molecule has 1 heterocycles. The molecule has 0 fully saturated rings. The number of nitrogens with zero attached hydrogens (tertiary/aromatic N) is 1. The quantitative estimate of drug-likeness (QED) is 0.857. The Bertz CT molecular complexity index is 675. The van der Waals surface area contributed by atoms with Crippen LogP contribution in [0.3, 0.4) is 0 Å². The number of carbonyl (C=O) groups excluding carboxylic acids is 1. The zero-order chi connectivity index (χ0) is 15.4. The van der Waals surface area contributed by atoms with Gasteiger partial charge in [0.1, 0.15) is 10.9 Å². The molecule has 0 radical (unpaired) electrons. The summed E-state index contributed by atoms with van der Waals surface area (Å²) in [6.07, 6.45) is 0.704. The molecular weight excluding hydrogens is 311 g/mol. The number of benzene rings is 1. The Morgan fingerprint density at radius 2 is 2.05 bits per heavy atom. The third kappa shape index (κ3) is 3.86. The highest BCUT2D eigenvalue weighted by molar-refractivity contribution is 6.32. The lowest BCUT2D eigenvalue weighted by Crippen LogP contribution is -2.12. The van der Waals surface area contributed by atoms with Crippen molar-refractivity contribution in [1.29, 1.82) is 0 Å². The average molecular weight is 325 g/mol. The summed E-state index contributed by atoms with van der Waals surface area (Å²) < 4.78 is 5.07. The highest BCUT2D eigenvalue weighted by Crippen LogP contribution is 2.27. The number of aromatic nitrogens is 1. The number of hydrogen-bond donors (Lipinski definition) is 1. The summed E-state index contributed by atoms with van der Waals surface area (Å²) in [5, 5.41) is 3.49. The van der Waals surface area contributed by atoms with E-state index >= 15 is 0 Å². The van der Waals surface area contributed by atoms with Gasteiger partial charge < -0.3 is 10.1 Å². The van der Waals surface area contributed by atoms with Crippen molar-refractivity contribution >= 4 is 34.8 Å². The molecule has 110 valence electrons. The highest BCUT2D eigenvalue weighted by Gasteiger charge is 2.10. The van der Waals surface area contributed by atoms with Crippen molar-refractivity contribution < 1.29 is 9.53 Å².